The maximum atomic E-state index is 12.2. The molecule has 120 valence electrons. The summed E-state index contributed by atoms with van der Waals surface area (Å²) in [4.78, 5) is 23.8. The molecule has 1 aromatic carbocycles. The van der Waals surface area contributed by atoms with Gasteiger partial charge in [-0.05, 0) is 43.6 Å². The molecule has 0 amide bonds. The second kappa shape index (κ2) is 8.72. The molecule has 0 bridgehead atoms. The maximum Gasteiger partial charge on any atom is 0.306 e. The number of hydrogen-bond acceptors (Lipinski definition) is 3. The number of ketones is 1. The van der Waals surface area contributed by atoms with Gasteiger partial charge in [0.25, 0.3) is 0 Å². The molecule has 2 atom stereocenters. The number of hydrogen-bond donors (Lipinski definition) is 0. The third-order valence-electron chi connectivity index (χ3n) is 4.58. The van der Waals surface area contributed by atoms with Gasteiger partial charge < -0.3 is 4.74 Å². The number of ether oxygens (including phenoxy) is 1. The summed E-state index contributed by atoms with van der Waals surface area (Å²) >= 11 is 0. The number of Topliss-reactive ketones (excluding diaryl/α,β-unsaturated/α-hetero) is 1. The monoisotopic (exact) mass is 302 g/mol. The van der Waals surface area contributed by atoms with E-state index in [1.165, 1.54) is 5.56 Å². The lowest BCUT2D eigenvalue weighted by molar-refractivity contribution is -0.144. The molecule has 1 aliphatic carbocycles. The minimum Gasteiger partial charge on any atom is -0.466 e. The van der Waals surface area contributed by atoms with Gasteiger partial charge in [-0.2, -0.15) is 0 Å². The highest BCUT2D eigenvalue weighted by Crippen LogP contribution is 2.37. The first-order valence-electron chi connectivity index (χ1n) is 8.40. The molecule has 0 heterocycles. The van der Waals surface area contributed by atoms with Crippen molar-refractivity contribution < 1.29 is 14.3 Å². The molecule has 22 heavy (non-hydrogen) atoms. The lowest BCUT2D eigenvalue weighted by Crippen LogP contribution is -2.18. The molecular formula is C19H26O3. The Morgan fingerprint density at radius 2 is 1.77 bits per heavy atom. The largest absolute Gasteiger partial charge is 0.466 e. The van der Waals surface area contributed by atoms with Crippen molar-refractivity contribution in [1.82, 2.24) is 0 Å². The van der Waals surface area contributed by atoms with E-state index in [9.17, 15) is 9.59 Å². The Morgan fingerprint density at radius 1 is 1.09 bits per heavy atom. The van der Waals surface area contributed by atoms with Gasteiger partial charge in [-0.25, -0.2) is 0 Å². The number of carbonyl (C=O) groups is 2. The van der Waals surface area contributed by atoms with Crippen LogP contribution in [0.4, 0.5) is 0 Å². The van der Waals surface area contributed by atoms with Gasteiger partial charge in [-0.3, -0.25) is 9.59 Å². The van der Waals surface area contributed by atoms with E-state index >= 15 is 0 Å². The zero-order chi connectivity index (χ0) is 15.8. The maximum absolute atomic E-state index is 12.2. The van der Waals surface area contributed by atoms with Crippen LogP contribution < -0.4 is 0 Å². The van der Waals surface area contributed by atoms with Crippen molar-refractivity contribution in [2.45, 2.75) is 51.9 Å². The van der Waals surface area contributed by atoms with E-state index in [2.05, 4.69) is 12.1 Å². The Bertz CT molecular complexity index is 481. The van der Waals surface area contributed by atoms with Gasteiger partial charge in [-0.15, -0.1) is 0 Å². The van der Waals surface area contributed by atoms with Gasteiger partial charge in [0.15, 0.2) is 0 Å². The number of esters is 1. The summed E-state index contributed by atoms with van der Waals surface area (Å²) in [6.45, 7) is 2.27. The molecule has 2 rings (SSSR count). The molecule has 3 nitrogen and oxygen atoms in total. The molecule has 0 aliphatic heterocycles. The average molecular weight is 302 g/mol. The Kier molecular flexibility index (Phi) is 6.63. The van der Waals surface area contributed by atoms with Crippen LogP contribution in [0, 0.1) is 11.8 Å². The Morgan fingerprint density at radius 3 is 2.45 bits per heavy atom. The van der Waals surface area contributed by atoms with Crippen molar-refractivity contribution in [3.8, 4) is 0 Å². The van der Waals surface area contributed by atoms with Gasteiger partial charge in [0.1, 0.15) is 5.78 Å². The van der Waals surface area contributed by atoms with Gasteiger partial charge in [0, 0.05) is 19.3 Å². The van der Waals surface area contributed by atoms with Gasteiger partial charge >= 0.3 is 5.97 Å². The van der Waals surface area contributed by atoms with E-state index in [1.807, 2.05) is 25.1 Å². The van der Waals surface area contributed by atoms with Crippen LogP contribution in [0.2, 0.25) is 0 Å². The van der Waals surface area contributed by atoms with E-state index in [0.717, 1.165) is 25.7 Å². The summed E-state index contributed by atoms with van der Waals surface area (Å²) in [5.74, 6) is 0.910. The van der Waals surface area contributed by atoms with Crippen molar-refractivity contribution in [3.05, 3.63) is 35.9 Å². The standard InChI is InChI=1S/C19H26O3/c1-2-22-19(21)14-17-10-6-9-16(17)13-18(20)12-11-15-7-4-3-5-8-15/h3-5,7-8,16-17H,2,6,9-14H2,1H3/t16-,17-/m0/s1. The topological polar surface area (TPSA) is 43.4 Å². The predicted molar refractivity (Wildman–Crippen MR) is 86.5 cm³/mol. The van der Waals surface area contributed by atoms with Crippen LogP contribution in [-0.2, 0) is 20.7 Å². The number of rotatable bonds is 8. The third kappa shape index (κ3) is 5.28. The molecule has 1 fully saturated rings. The van der Waals surface area contributed by atoms with Crippen LogP contribution in [0.1, 0.15) is 51.0 Å². The highest BCUT2D eigenvalue weighted by Gasteiger charge is 2.30. The summed E-state index contributed by atoms with van der Waals surface area (Å²) in [5, 5.41) is 0. The normalized spacial score (nSPS) is 20.8. The zero-order valence-electron chi connectivity index (χ0n) is 13.4. The minimum atomic E-state index is -0.115. The van der Waals surface area contributed by atoms with Crippen molar-refractivity contribution in [2.24, 2.45) is 11.8 Å². The first-order valence-corrected chi connectivity index (χ1v) is 8.40. The SMILES string of the molecule is CCOC(=O)C[C@@H]1CCC[C@H]1CC(=O)CCc1ccccc1. The number of benzene rings is 1. The van der Waals surface area contributed by atoms with Crippen LogP contribution in [0.15, 0.2) is 30.3 Å². The molecule has 0 spiro atoms. The quantitative estimate of drug-likeness (QED) is 0.683. The molecular weight excluding hydrogens is 276 g/mol. The smallest absolute Gasteiger partial charge is 0.306 e. The van der Waals surface area contributed by atoms with Crippen molar-refractivity contribution in [1.29, 1.82) is 0 Å². The molecule has 0 saturated heterocycles. The Balaban J connectivity index is 1.76. The molecule has 0 unspecified atom stereocenters. The lowest BCUT2D eigenvalue weighted by atomic mass is 9.87. The van der Waals surface area contributed by atoms with Crippen LogP contribution in [0.5, 0.6) is 0 Å². The summed E-state index contributed by atoms with van der Waals surface area (Å²) in [6, 6.07) is 10.1. The molecule has 3 heteroatoms. The van der Waals surface area contributed by atoms with Gasteiger partial charge in [0.2, 0.25) is 0 Å². The molecule has 1 aliphatic rings. The minimum absolute atomic E-state index is 0.115. The average Bonchev–Trinajstić information content (AvgIpc) is 2.93. The van der Waals surface area contributed by atoms with E-state index in [1.54, 1.807) is 0 Å². The molecule has 0 N–H and O–H groups in total. The van der Waals surface area contributed by atoms with Gasteiger partial charge in [0.05, 0.1) is 6.61 Å². The van der Waals surface area contributed by atoms with E-state index < -0.39 is 0 Å². The summed E-state index contributed by atoms with van der Waals surface area (Å²) in [7, 11) is 0. The molecule has 0 aromatic heterocycles. The van der Waals surface area contributed by atoms with Crippen LogP contribution in [0.25, 0.3) is 0 Å². The fourth-order valence-corrected chi connectivity index (χ4v) is 3.41. The van der Waals surface area contributed by atoms with Crippen molar-refractivity contribution in [3.63, 3.8) is 0 Å². The Labute approximate surface area is 133 Å². The van der Waals surface area contributed by atoms with E-state index in [0.29, 0.717) is 43.5 Å². The summed E-state index contributed by atoms with van der Waals surface area (Å²) < 4.78 is 5.04. The number of carbonyl (C=O) groups excluding carboxylic acids is 2. The first kappa shape index (κ1) is 16.7. The number of aryl methyl sites for hydroxylation is 1. The van der Waals surface area contributed by atoms with Crippen LogP contribution in [0.3, 0.4) is 0 Å². The molecule has 1 saturated carbocycles. The zero-order valence-corrected chi connectivity index (χ0v) is 13.4. The first-order chi connectivity index (χ1) is 10.7. The van der Waals surface area contributed by atoms with Crippen molar-refractivity contribution >= 4 is 11.8 Å². The highest BCUT2D eigenvalue weighted by atomic mass is 16.5. The van der Waals surface area contributed by atoms with Gasteiger partial charge in [-0.1, -0.05) is 36.8 Å². The lowest BCUT2D eigenvalue weighted by Gasteiger charge is -2.18. The highest BCUT2D eigenvalue weighted by molar-refractivity contribution is 5.79. The van der Waals surface area contributed by atoms with Crippen molar-refractivity contribution in [2.75, 3.05) is 6.61 Å². The van der Waals surface area contributed by atoms with E-state index in [4.69, 9.17) is 4.74 Å². The third-order valence-corrected chi connectivity index (χ3v) is 4.58. The fourth-order valence-electron chi connectivity index (χ4n) is 3.41. The summed E-state index contributed by atoms with van der Waals surface area (Å²) in [5.41, 5.74) is 1.21. The second-order valence-corrected chi connectivity index (χ2v) is 6.19. The van der Waals surface area contributed by atoms with Crippen LogP contribution >= 0.6 is 0 Å². The summed E-state index contributed by atoms with van der Waals surface area (Å²) in [6.07, 6.45) is 5.76. The fraction of sp³-hybridized carbons (Fsp3) is 0.579. The second-order valence-electron chi connectivity index (χ2n) is 6.19. The molecule has 0 radical (unpaired) electrons. The van der Waals surface area contributed by atoms with E-state index in [-0.39, 0.29) is 5.97 Å². The predicted octanol–water partition coefficient (Wildman–Crippen LogP) is 3.95. The molecule has 1 aromatic rings. The van der Waals surface area contributed by atoms with Crippen LogP contribution in [-0.4, -0.2) is 18.4 Å². The Hall–Kier alpha value is -1.64.